The molecular weight excluding hydrogens is 290 g/mol. The molecule has 3 N–H and O–H groups in total. The van der Waals surface area contributed by atoms with Gasteiger partial charge in [-0.25, -0.2) is 4.68 Å². The molecule has 0 aliphatic rings. The number of hydrogen-bond acceptors (Lipinski definition) is 4. The zero-order chi connectivity index (χ0) is 15.6. The van der Waals surface area contributed by atoms with E-state index in [9.17, 15) is 4.79 Å². The fourth-order valence-electron chi connectivity index (χ4n) is 1.78. The van der Waals surface area contributed by atoms with Crippen LogP contribution < -0.4 is 11.1 Å². The Bertz CT molecular complexity index is 660. The Kier molecular flexibility index (Phi) is 4.29. The minimum absolute atomic E-state index is 0.0746. The van der Waals surface area contributed by atoms with Gasteiger partial charge in [0.25, 0.3) is 0 Å². The largest absolute Gasteiger partial charge is 0.324 e. The number of benzene rings is 1. The molecule has 2 aromatic rings. The number of amides is 1. The molecule has 1 amide bonds. The average Bonchev–Trinajstić information content (AvgIpc) is 2.81. The lowest BCUT2D eigenvalue weighted by atomic mass is 10.0. The third-order valence-corrected chi connectivity index (χ3v) is 3.20. The lowest BCUT2D eigenvalue weighted by molar-refractivity contribution is -0.116. The number of aromatic nitrogens is 3. The van der Waals surface area contributed by atoms with E-state index in [2.05, 4.69) is 15.6 Å². The van der Waals surface area contributed by atoms with Gasteiger partial charge in [-0.2, -0.15) is 0 Å². The molecule has 0 aliphatic heterocycles. The van der Waals surface area contributed by atoms with Crippen molar-refractivity contribution in [2.75, 3.05) is 5.32 Å². The van der Waals surface area contributed by atoms with Crippen LogP contribution >= 0.6 is 11.6 Å². The highest BCUT2D eigenvalue weighted by molar-refractivity contribution is 6.30. The highest BCUT2D eigenvalue weighted by Gasteiger charge is 2.19. The molecule has 112 valence electrons. The first-order valence-electron chi connectivity index (χ1n) is 6.51. The summed E-state index contributed by atoms with van der Waals surface area (Å²) in [6.45, 7) is 5.62. The van der Waals surface area contributed by atoms with E-state index in [1.165, 1.54) is 4.68 Å². The maximum absolute atomic E-state index is 12.0. The minimum Gasteiger partial charge on any atom is -0.324 e. The summed E-state index contributed by atoms with van der Waals surface area (Å²) >= 11 is 5.88. The highest BCUT2D eigenvalue weighted by atomic mass is 35.5. The van der Waals surface area contributed by atoms with Crippen molar-refractivity contribution in [1.29, 1.82) is 0 Å². The predicted molar refractivity (Wildman–Crippen MR) is 82.1 cm³/mol. The monoisotopic (exact) mass is 307 g/mol. The lowest BCUT2D eigenvalue weighted by Crippen LogP contribution is -2.29. The average molecular weight is 308 g/mol. The topological polar surface area (TPSA) is 85.8 Å². The van der Waals surface area contributed by atoms with Crippen LogP contribution in [0.5, 0.6) is 0 Å². The van der Waals surface area contributed by atoms with Crippen molar-refractivity contribution in [3.63, 3.8) is 0 Å². The Hall–Kier alpha value is -1.92. The third-order valence-electron chi connectivity index (χ3n) is 2.97. The summed E-state index contributed by atoms with van der Waals surface area (Å²) in [7, 11) is 0. The van der Waals surface area contributed by atoms with Gasteiger partial charge in [-0.05, 0) is 44.5 Å². The van der Waals surface area contributed by atoms with Gasteiger partial charge in [-0.15, -0.1) is 5.10 Å². The number of nitrogens with zero attached hydrogens (tertiary/aromatic N) is 3. The maximum atomic E-state index is 12.0. The van der Waals surface area contributed by atoms with Gasteiger partial charge >= 0.3 is 0 Å². The summed E-state index contributed by atoms with van der Waals surface area (Å²) in [6, 6.07) is 5.29. The molecule has 0 radical (unpaired) electrons. The van der Waals surface area contributed by atoms with Crippen LogP contribution in [-0.2, 0) is 16.9 Å². The van der Waals surface area contributed by atoms with Crippen LogP contribution in [0.4, 0.5) is 5.69 Å². The zero-order valence-electron chi connectivity index (χ0n) is 12.2. The smallest absolute Gasteiger partial charge is 0.246 e. The Morgan fingerprint density at radius 1 is 1.48 bits per heavy atom. The molecule has 1 aromatic heterocycles. The summed E-state index contributed by atoms with van der Waals surface area (Å²) in [5.41, 5.74) is 7.61. The molecule has 7 heteroatoms. The molecule has 0 unspecified atom stereocenters. The Balaban J connectivity index is 2.03. The molecule has 2 rings (SSSR count). The van der Waals surface area contributed by atoms with Gasteiger partial charge in [0.15, 0.2) is 0 Å². The highest BCUT2D eigenvalue weighted by Crippen LogP contribution is 2.19. The summed E-state index contributed by atoms with van der Waals surface area (Å²) in [4.78, 5) is 12.0. The first-order valence-corrected chi connectivity index (χ1v) is 6.89. The Morgan fingerprint density at radius 2 is 2.19 bits per heavy atom. The van der Waals surface area contributed by atoms with E-state index in [0.29, 0.717) is 10.7 Å². The van der Waals surface area contributed by atoms with Crippen molar-refractivity contribution < 1.29 is 4.79 Å². The molecular formula is C14H18ClN5O. The third kappa shape index (κ3) is 4.03. The maximum Gasteiger partial charge on any atom is 0.246 e. The van der Waals surface area contributed by atoms with Crippen LogP contribution in [0.1, 0.15) is 25.1 Å². The van der Waals surface area contributed by atoms with Crippen LogP contribution in [0.25, 0.3) is 0 Å². The van der Waals surface area contributed by atoms with E-state index in [4.69, 9.17) is 17.3 Å². The summed E-state index contributed by atoms with van der Waals surface area (Å²) in [5, 5.41) is 11.3. The van der Waals surface area contributed by atoms with Crippen LogP contribution in [0.3, 0.4) is 0 Å². The van der Waals surface area contributed by atoms with Crippen LogP contribution in [0.15, 0.2) is 24.4 Å². The van der Waals surface area contributed by atoms with E-state index in [1.54, 1.807) is 24.4 Å². The van der Waals surface area contributed by atoms with Gasteiger partial charge in [0, 0.05) is 10.7 Å². The number of nitrogens with one attached hydrogen (secondary N) is 1. The van der Waals surface area contributed by atoms with Crippen molar-refractivity contribution in [2.24, 2.45) is 5.73 Å². The van der Waals surface area contributed by atoms with Crippen molar-refractivity contribution in [2.45, 2.75) is 32.9 Å². The molecule has 0 bridgehead atoms. The normalized spacial score (nSPS) is 11.5. The van der Waals surface area contributed by atoms with Crippen LogP contribution in [0.2, 0.25) is 5.02 Å². The number of aryl methyl sites for hydroxylation is 1. The van der Waals surface area contributed by atoms with E-state index >= 15 is 0 Å². The van der Waals surface area contributed by atoms with Crippen molar-refractivity contribution >= 4 is 23.2 Å². The SMILES string of the molecule is Cc1cc(Cl)ccc1NC(=O)Cn1cc(C(C)(C)N)nn1. The van der Waals surface area contributed by atoms with Crippen LogP contribution in [-0.4, -0.2) is 20.9 Å². The quantitative estimate of drug-likeness (QED) is 0.905. The Morgan fingerprint density at radius 3 is 2.76 bits per heavy atom. The molecule has 0 fully saturated rings. The molecule has 0 atom stereocenters. The van der Waals surface area contributed by atoms with Gasteiger partial charge in [0.1, 0.15) is 12.2 Å². The second-order valence-corrected chi connectivity index (χ2v) is 5.97. The number of nitrogens with two attached hydrogens (primary N) is 1. The van der Waals surface area contributed by atoms with E-state index in [0.717, 1.165) is 11.3 Å². The van der Waals surface area contributed by atoms with Gasteiger partial charge in [-0.1, -0.05) is 16.8 Å². The number of anilines is 1. The van der Waals surface area contributed by atoms with E-state index < -0.39 is 5.54 Å². The molecule has 21 heavy (non-hydrogen) atoms. The van der Waals surface area contributed by atoms with Crippen molar-refractivity contribution in [1.82, 2.24) is 15.0 Å². The summed E-state index contributed by atoms with van der Waals surface area (Å²) in [5.74, 6) is -0.188. The lowest BCUT2D eigenvalue weighted by Gasteiger charge is -2.13. The minimum atomic E-state index is -0.582. The van der Waals surface area contributed by atoms with Gasteiger partial charge in [-0.3, -0.25) is 4.79 Å². The van der Waals surface area contributed by atoms with Crippen molar-refractivity contribution in [3.05, 3.63) is 40.7 Å². The molecule has 1 heterocycles. The van der Waals surface area contributed by atoms with E-state index in [1.807, 2.05) is 20.8 Å². The van der Waals surface area contributed by atoms with E-state index in [-0.39, 0.29) is 12.5 Å². The zero-order valence-corrected chi connectivity index (χ0v) is 13.0. The predicted octanol–water partition coefficient (Wildman–Crippen LogP) is 2.07. The molecule has 6 nitrogen and oxygen atoms in total. The van der Waals surface area contributed by atoms with Gasteiger partial charge < -0.3 is 11.1 Å². The standard InChI is InChI=1S/C14H18ClN5O/c1-9-6-10(15)4-5-11(9)17-13(21)8-20-7-12(18-19-20)14(2,3)16/h4-7H,8,16H2,1-3H3,(H,17,21). The molecule has 0 aliphatic carbocycles. The van der Waals surface area contributed by atoms with Crippen molar-refractivity contribution in [3.8, 4) is 0 Å². The number of halogens is 1. The first-order chi connectivity index (χ1) is 9.75. The first kappa shape index (κ1) is 15.5. The fraction of sp³-hybridized carbons (Fsp3) is 0.357. The summed E-state index contributed by atoms with van der Waals surface area (Å²) < 4.78 is 1.46. The molecule has 0 saturated heterocycles. The number of carbonyl (C=O) groups is 1. The van der Waals surface area contributed by atoms with Crippen LogP contribution in [0, 0.1) is 6.92 Å². The Labute approximate surface area is 128 Å². The van der Waals surface area contributed by atoms with Gasteiger partial charge in [0.05, 0.1) is 11.7 Å². The second kappa shape index (κ2) is 5.83. The molecule has 0 saturated carbocycles. The number of rotatable bonds is 4. The molecule has 1 aromatic carbocycles. The molecule has 0 spiro atoms. The second-order valence-electron chi connectivity index (χ2n) is 5.53. The summed E-state index contributed by atoms with van der Waals surface area (Å²) in [6.07, 6.45) is 1.67. The fourth-order valence-corrected chi connectivity index (χ4v) is 2.00. The number of hydrogen-bond donors (Lipinski definition) is 2. The van der Waals surface area contributed by atoms with Gasteiger partial charge in [0.2, 0.25) is 5.91 Å². The number of carbonyl (C=O) groups excluding carboxylic acids is 1.